The third-order valence-corrected chi connectivity index (χ3v) is 5.64. The molecule has 25 heavy (non-hydrogen) atoms. The maximum absolute atomic E-state index is 14.0. The van der Waals surface area contributed by atoms with Crippen LogP contribution in [-0.4, -0.2) is 55.0 Å². The summed E-state index contributed by atoms with van der Waals surface area (Å²) < 4.78 is 14.0. The number of carbonyl (C=O) groups excluding carboxylic acids is 2. The summed E-state index contributed by atoms with van der Waals surface area (Å²) in [6.45, 7) is 3.08. The molecule has 3 amide bonds. The van der Waals surface area contributed by atoms with Crippen LogP contribution in [0.2, 0.25) is 0 Å². The van der Waals surface area contributed by atoms with Gasteiger partial charge in [0.2, 0.25) is 0 Å². The van der Waals surface area contributed by atoms with Gasteiger partial charge in [-0.25, -0.2) is 9.18 Å². The van der Waals surface area contributed by atoms with Crippen molar-refractivity contribution in [2.75, 3.05) is 27.2 Å². The third kappa shape index (κ3) is 3.48. The van der Waals surface area contributed by atoms with Crippen LogP contribution in [-0.2, 0) is 0 Å². The van der Waals surface area contributed by atoms with Crippen LogP contribution in [0.5, 0.6) is 0 Å². The number of likely N-dealkylation sites (tertiary alicyclic amines) is 1. The van der Waals surface area contributed by atoms with Crippen LogP contribution in [0.4, 0.5) is 9.18 Å². The third-order valence-electron chi connectivity index (χ3n) is 5.64. The maximum atomic E-state index is 14.0. The molecule has 0 atom stereocenters. The van der Waals surface area contributed by atoms with Crippen LogP contribution in [0.3, 0.4) is 0 Å². The summed E-state index contributed by atoms with van der Waals surface area (Å²) >= 11 is 0. The summed E-state index contributed by atoms with van der Waals surface area (Å²) in [5, 5.41) is 3.02. The quantitative estimate of drug-likeness (QED) is 0.894. The molecule has 2 aliphatic rings. The van der Waals surface area contributed by atoms with E-state index < -0.39 is 5.82 Å². The lowest BCUT2D eigenvalue weighted by Crippen LogP contribution is -2.56. The van der Waals surface area contributed by atoms with Gasteiger partial charge in [-0.1, -0.05) is 12.1 Å². The van der Waals surface area contributed by atoms with Crippen molar-refractivity contribution >= 4 is 11.9 Å². The van der Waals surface area contributed by atoms with E-state index in [4.69, 9.17) is 0 Å². The number of urea groups is 1. The molecule has 1 N–H and O–H groups in total. The van der Waals surface area contributed by atoms with Gasteiger partial charge in [0, 0.05) is 33.2 Å². The van der Waals surface area contributed by atoms with Gasteiger partial charge in [-0.2, -0.15) is 0 Å². The molecule has 1 saturated heterocycles. The Bertz CT molecular complexity index is 653. The first kappa shape index (κ1) is 17.7. The number of halogens is 1. The molecule has 0 aromatic heterocycles. The molecule has 0 radical (unpaired) electrons. The van der Waals surface area contributed by atoms with Gasteiger partial charge in [-0.15, -0.1) is 0 Å². The van der Waals surface area contributed by atoms with Crippen molar-refractivity contribution in [1.29, 1.82) is 0 Å². The molecule has 6 heteroatoms. The monoisotopic (exact) mass is 347 g/mol. The Kier molecular flexibility index (Phi) is 4.71. The van der Waals surface area contributed by atoms with Crippen molar-refractivity contribution in [3.8, 4) is 0 Å². The first-order valence-electron chi connectivity index (χ1n) is 8.83. The number of rotatable bonds is 2. The van der Waals surface area contributed by atoms with Gasteiger partial charge in [0.1, 0.15) is 5.82 Å². The fourth-order valence-corrected chi connectivity index (χ4v) is 4.04. The fourth-order valence-electron chi connectivity index (χ4n) is 4.04. The predicted molar refractivity (Wildman–Crippen MR) is 93.9 cm³/mol. The molecule has 5 nitrogen and oxygen atoms in total. The Morgan fingerprint density at radius 2 is 1.88 bits per heavy atom. The number of piperidine rings is 1. The molecule has 1 aromatic rings. The number of aryl methyl sites for hydroxylation is 1. The van der Waals surface area contributed by atoms with Gasteiger partial charge < -0.3 is 15.1 Å². The van der Waals surface area contributed by atoms with Crippen LogP contribution < -0.4 is 5.32 Å². The largest absolute Gasteiger partial charge is 0.339 e. The average Bonchev–Trinajstić information content (AvgIpc) is 2.53. The Labute approximate surface area is 148 Å². The Morgan fingerprint density at radius 3 is 2.44 bits per heavy atom. The molecule has 1 aromatic carbocycles. The maximum Gasteiger partial charge on any atom is 0.317 e. The van der Waals surface area contributed by atoms with Gasteiger partial charge >= 0.3 is 6.03 Å². The van der Waals surface area contributed by atoms with Crippen LogP contribution in [0.25, 0.3) is 0 Å². The van der Waals surface area contributed by atoms with Crippen molar-refractivity contribution in [3.05, 3.63) is 35.1 Å². The summed E-state index contributed by atoms with van der Waals surface area (Å²) in [6, 6.07) is 4.92. The lowest BCUT2D eigenvalue weighted by atomic mass is 9.60. The second-order valence-electron chi connectivity index (χ2n) is 7.67. The Balaban J connectivity index is 1.55. The van der Waals surface area contributed by atoms with Crippen molar-refractivity contribution in [3.63, 3.8) is 0 Å². The number of amides is 3. The minimum atomic E-state index is -0.444. The van der Waals surface area contributed by atoms with Crippen LogP contribution in [0.1, 0.15) is 41.6 Å². The minimum absolute atomic E-state index is 0.0532. The minimum Gasteiger partial charge on any atom is -0.339 e. The highest BCUT2D eigenvalue weighted by Crippen LogP contribution is 2.49. The summed E-state index contributed by atoms with van der Waals surface area (Å²) in [6.07, 6.45) is 3.77. The highest BCUT2D eigenvalue weighted by molar-refractivity contribution is 5.96. The summed E-state index contributed by atoms with van der Waals surface area (Å²) in [5.41, 5.74) is 1.11. The van der Waals surface area contributed by atoms with Gasteiger partial charge in [-0.05, 0) is 49.7 Å². The molecule has 1 heterocycles. The first-order chi connectivity index (χ1) is 11.8. The topological polar surface area (TPSA) is 52.7 Å². The molecular formula is C19H26FN3O2. The fraction of sp³-hybridized carbons (Fsp3) is 0.579. The molecule has 1 spiro atoms. The normalized spacial score (nSPS) is 19.4. The highest BCUT2D eigenvalue weighted by Gasteiger charge is 2.47. The Morgan fingerprint density at radius 1 is 1.24 bits per heavy atom. The van der Waals surface area contributed by atoms with Crippen LogP contribution in [0, 0.1) is 18.2 Å². The lowest BCUT2D eigenvalue weighted by molar-refractivity contribution is 0.00996. The second kappa shape index (κ2) is 6.65. The summed E-state index contributed by atoms with van der Waals surface area (Å²) in [7, 11) is 3.47. The van der Waals surface area contributed by atoms with E-state index >= 15 is 0 Å². The smallest absolute Gasteiger partial charge is 0.317 e. The van der Waals surface area contributed by atoms with E-state index in [1.165, 1.54) is 6.07 Å². The van der Waals surface area contributed by atoms with Crippen molar-refractivity contribution in [1.82, 2.24) is 15.1 Å². The van der Waals surface area contributed by atoms with Crippen molar-refractivity contribution in [2.45, 2.75) is 38.6 Å². The number of hydrogen-bond acceptors (Lipinski definition) is 2. The molecule has 1 aliphatic heterocycles. The van der Waals surface area contributed by atoms with Gasteiger partial charge in [-0.3, -0.25) is 4.79 Å². The van der Waals surface area contributed by atoms with E-state index in [0.717, 1.165) is 25.7 Å². The van der Waals surface area contributed by atoms with Crippen LogP contribution >= 0.6 is 0 Å². The number of hydrogen-bond donors (Lipinski definition) is 1. The zero-order valence-corrected chi connectivity index (χ0v) is 15.1. The molecule has 0 bridgehead atoms. The van der Waals surface area contributed by atoms with E-state index in [9.17, 15) is 14.0 Å². The molecule has 0 unspecified atom stereocenters. The van der Waals surface area contributed by atoms with E-state index in [-0.39, 0.29) is 29.0 Å². The molecule has 1 aliphatic carbocycles. The molecule has 3 rings (SSSR count). The Hall–Kier alpha value is -2.11. The zero-order valence-electron chi connectivity index (χ0n) is 15.1. The van der Waals surface area contributed by atoms with Crippen LogP contribution in [0.15, 0.2) is 18.2 Å². The molecule has 1 saturated carbocycles. The van der Waals surface area contributed by atoms with E-state index in [1.54, 1.807) is 43.0 Å². The summed E-state index contributed by atoms with van der Waals surface area (Å²) in [5.74, 6) is -0.650. The van der Waals surface area contributed by atoms with E-state index in [2.05, 4.69) is 5.32 Å². The highest BCUT2D eigenvalue weighted by atomic mass is 19.1. The number of carbonyl (C=O) groups is 2. The zero-order chi connectivity index (χ0) is 18.2. The molecule has 136 valence electrons. The predicted octanol–water partition coefficient (Wildman–Crippen LogP) is 2.79. The number of nitrogens with zero attached hydrogens (tertiary/aromatic N) is 2. The van der Waals surface area contributed by atoms with E-state index in [1.807, 2.05) is 0 Å². The molecule has 2 fully saturated rings. The standard InChI is InChI=1S/C19H26FN3O2/c1-13-5-4-6-15(20)16(13)17(24)23-9-7-19(8-10-23)11-14(12-19)21-18(25)22(2)3/h4-6,14H,7-12H2,1-3H3,(H,21,25). The van der Waals surface area contributed by atoms with Gasteiger partial charge in [0.05, 0.1) is 5.56 Å². The number of nitrogens with one attached hydrogen (secondary N) is 1. The SMILES string of the molecule is Cc1cccc(F)c1C(=O)N1CCC2(CC1)CC(NC(=O)N(C)C)C2. The first-order valence-corrected chi connectivity index (χ1v) is 8.83. The van der Waals surface area contributed by atoms with Gasteiger partial charge in [0.25, 0.3) is 5.91 Å². The second-order valence-corrected chi connectivity index (χ2v) is 7.67. The van der Waals surface area contributed by atoms with Crippen molar-refractivity contribution in [2.24, 2.45) is 5.41 Å². The lowest BCUT2D eigenvalue weighted by Gasteiger charge is -2.52. The van der Waals surface area contributed by atoms with Crippen molar-refractivity contribution < 1.29 is 14.0 Å². The average molecular weight is 347 g/mol. The van der Waals surface area contributed by atoms with E-state index in [0.29, 0.717) is 18.7 Å². The number of benzene rings is 1. The summed E-state index contributed by atoms with van der Waals surface area (Å²) in [4.78, 5) is 27.7. The van der Waals surface area contributed by atoms with Gasteiger partial charge in [0.15, 0.2) is 0 Å². The molecular weight excluding hydrogens is 321 g/mol.